The third kappa shape index (κ3) is 6.07. The Morgan fingerprint density at radius 1 is 1.25 bits per heavy atom. The van der Waals surface area contributed by atoms with E-state index < -0.39 is 11.8 Å². The summed E-state index contributed by atoms with van der Waals surface area (Å²) in [5.41, 5.74) is 0. The lowest BCUT2D eigenvalue weighted by molar-refractivity contribution is -0.858. The molecule has 0 spiro atoms. The number of carbonyl (C=O) groups excluding carboxylic acids is 2. The zero-order valence-electron chi connectivity index (χ0n) is 12.2. The normalized spacial score (nSPS) is 10.6. The summed E-state index contributed by atoms with van der Waals surface area (Å²) in [6.45, 7) is 3.48. The third-order valence-electron chi connectivity index (χ3n) is 2.50. The van der Waals surface area contributed by atoms with E-state index in [2.05, 4.69) is 20.8 Å². The van der Waals surface area contributed by atoms with E-state index in [1.54, 1.807) is 0 Å². The van der Waals surface area contributed by atoms with Crippen LogP contribution < -0.4 is 15.5 Å². The molecule has 0 unspecified atom stereocenters. The van der Waals surface area contributed by atoms with Crippen LogP contribution in [0.3, 0.4) is 0 Å². The molecule has 0 saturated carbocycles. The molecule has 0 saturated heterocycles. The smallest absolute Gasteiger partial charge is 0.315 e. The van der Waals surface area contributed by atoms with Crippen LogP contribution in [0.2, 0.25) is 0 Å². The van der Waals surface area contributed by atoms with Crippen molar-refractivity contribution in [3.63, 3.8) is 0 Å². The van der Waals surface area contributed by atoms with Crippen LogP contribution in [0.15, 0.2) is 0 Å². The number of carbonyl (C=O) groups is 2. The van der Waals surface area contributed by atoms with Gasteiger partial charge in [0.15, 0.2) is 0 Å². The molecular weight excluding hydrogens is 278 g/mol. The molecule has 1 aromatic rings. The summed E-state index contributed by atoms with van der Waals surface area (Å²) >= 11 is 1.30. The van der Waals surface area contributed by atoms with E-state index in [0.717, 1.165) is 30.8 Å². The lowest BCUT2D eigenvalue weighted by Crippen LogP contribution is -3.05. The third-order valence-corrected chi connectivity index (χ3v) is 3.39. The van der Waals surface area contributed by atoms with E-state index in [-0.39, 0.29) is 0 Å². The van der Waals surface area contributed by atoms with Crippen LogP contribution in [0.4, 0.5) is 5.13 Å². The molecule has 20 heavy (non-hydrogen) atoms. The van der Waals surface area contributed by atoms with Crippen molar-refractivity contribution in [1.82, 2.24) is 15.5 Å². The lowest BCUT2D eigenvalue weighted by Gasteiger charge is -2.07. The highest BCUT2D eigenvalue weighted by Gasteiger charge is 2.15. The van der Waals surface area contributed by atoms with Gasteiger partial charge in [0, 0.05) is 19.4 Å². The van der Waals surface area contributed by atoms with E-state index in [4.69, 9.17) is 0 Å². The largest absolute Gasteiger partial charge is 0.348 e. The molecule has 0 bridgehead atoms. The second-order valence-corrected chi connectivity index (χ2v) is 5.83. The molecule has 1 aromatic heterocycles. The van der Waals surface area contributed by atoms with Crippen molar-refractivity contribution in [3.8, 4) is 0 Å². The Hall–Kier alpha value is -1.54. The van der Waals surface area contributed by atoms with Crippen molar-refractivity contribution in [1.29, 1.82) is 0 Å². The molecule has 1 rings (SSSR count). The number of hydrogen-bond acceptors (Lipinski definition) is 5. The van der Waals surface area contributed by atoms with Crippen LogP contribution in [0.1, 0.15) is 24.8 Å². The standard InChI is InChI=1S/C12H21N5O2S/c1-4-6-9-15-16-12(20-9)14-11(19)10(18)13-7-5-8-17(2)3/h4-8H2,1-3H3,(H,13,18)(H,14,16,19)/p+1. The van der Waals surface area contributed by atoms with Gasteiger partial charge in [-0.1, -0.05) is 18.3 Å². The zero-order chi connectivity index (χ0) is 15.0. The first-order valence-electron chi connectivity index (χ1n) is 6.73. The summed E-state index contributed by atoms with van der Waals surface area (Å²) in [4.78, 5) is 24.5. The Morgan fingerprint density at radius 3 is 2.65 bits per heavy atom. The molecule has 112 valence electrons. The summed E-state index contributed by atoms with van der Waals surface area (Å²) in [5, 5.41) is 14.0. The number of nitrogens with zero attached hydrogens (tertiary/aromatic N) is 2. The van der Waals surface area contributed by atoms with Crippen LogP contribution in [-0.2, 0) is 16.0 Å². The van der Waals surface area contributed by atoms with Gasteiger partial charge < -0.3 is 10.2 Å². The number of amides is 2. The van der Waals surface area contributed by atoms with Gasteiger partial charge in [0.25, 0.3) is 0 Å². The summed E-state index contributed by atoms with van der Waals surface area (Å²) in [7, 11) is 4.08. The molecule has 2 amide bonds. The van der Waals surface area contributed by atoms with E-state index in [1.807, 2.05) is 21.0 Å². The van der Waals surface area contributed by atoms with Crippen molar-refractivity contribution in [2.45, 2.75) is 26.2 Å². The minimum atomic E-state index is -0.693. The van der Waals surface area contributed by atoms with Crippen molar-refractivity contribution >= 4 is 28.3 Å². The highest BCUT2D eigenvalue weighted by Crippen LogP contribution is 2.16. The molecule has 8 heteroatoms. The van der Waals surface area contributed by atoms with Gasteiger partial charge in [-0.15, -0.1) is 10.2 Å². The quantitative estimate of drug-likeness (QED) is 0.449. The van der Waals surface area contributed by atoms with E-state index in [9.17, 15) is 9.59 Å². The zero-order valence-corrected chi connectivity index (χ0v) is 13.0. The van der Waals surface area contributed by atoms with Crippen molar-refractivity contribution in [2.24, 2.45) is 0 Å². The molecule has 1 heterocycles. The van der Waals surface area contributed by atoms with Crippen LogP contribution in [0.5, 0.6) is 0 Å². The number of anilines is 1. The molecule has 0 atom stereocenters. The molecule has 3 N–H and O–H groups in total. The monoisotopic (exact) mass is 300 g/mol. The average molecular weight is 300 g/mol. The number of quaternary nitrogens is 1. The van der Waals surface area contributed by atoms with Gasteiger partial charge in [-0.3, -0.25) is 14.9 Å². The van der Waals surface area contributed by atoms with Gasteiger partial charge in [0.1, 0.15) is 5.01 Å². The van der Waals surface area contributed by atoms with Gasteiger partial charge in [-0.05, 0) is 6.42 Å². The van der Waals surface area contributed by atoms with Crippen LogP contribution in [0.25, 0.3) is 0 Å². The maximum atomic E-state index is 11.6. The molecule has 0 aliphatic heterocycles. The Kier molecular flexibility index (Phi) is 7.10. The maximum Gasteiger partial charge on any atom is 0.315 e. The van der Waals surface area contributed by atoms with E-state index in [0.29, 0.717) is 11.7 Å². The highest BCUT2D eigenvalue weighted by molar-refractivity contribution is 7.15. The van der Waals surface area contributed by atoms with Crippen LogP contribution in [0, 0.1) is 0 Å². The fourth-order valence-electron chi connectivity index (χ4n) is 1.50. The molecular formula is C12H22N5O2S+. The number of hydrogen-bond donors (Lipinski definition) is 3. The first-order valence-corrected chi connectivity index (χ1v) is 7.55. The average Bonchev–Trinajstić information content (AvgIpc) is 2.82. The molecule has 0 radical (unpaired) electrons. The first kappa shape index (κ1) is 16.5. The summed E-state index contributed by atoms with van der Waals surface area (Å²) in [5.74, 6) is -1.33. The van der Waals surface area contributed by atoms with E-state index >= 15 is 0 Å². The van der Waals surface area contributed by atoms with Gasteiger partial charge in [0.05, 0.1) is 20.6 Å². The van der Waals surface area contributed by atoms with Crippen molar-refractivity contribution < 1.29 is 14.5 Å². The minimum Gasteiger partial charge on any atom is -0.348 e. The van der Waals surface area contributed by atoms with Gasteiger partial charge >= 0.3 is 11.8 Å². The van der Waals surface area contributed by atoms with E-state index in [1.165, 1.54) is 16.2 Å². The molecule has 0 fully saturated rings. The van der Waals surface area contributed by atoms with Gasteiger partial charge in [-0.2, -0.15) is 0 Å². The minimum absolute atomic E-state index is 0.367. The van der Waals surface area contributed by atoms with Crippen LogP contribution >= 0.6 is 11.3 Å². The van der Waals surface area contributed by atoms with Gasteiger partial charge in [-0.25, -0.2) is 0 Å². The predicted molar refractivity (Wildman–Crippen MR) is 77.8 cm³/mol. The SMILES string of the molecule is CCCc1nnc(NC(=O)C(=O)NCCC[NH+](C)C)s1. The first-order chi connectivity index (χ1) is 9.52. The molecule has 7 nitrogen and oxygen atoms in total. The fourth-order valence-corrected chi connectivity index (χ4v) is 2.33. The van der Waals surface area contributed by atoms with Gasteiger partial charge in [0.2, 0.25) is 5.13 Å². The number of aryl methyl sites for hydroxylation is 1. The second kappa shape index (κ2) is 8.60. The summed E-state index contributed by atoms with van der Waals surface area (Å²) in [6, 6.07) is 0. The topological polar surface area (TPSA) is 88.4 Å². The Balaban J connectivity index is 2.31. The Labute approximate surface area is 122 Å². The Bertz CT molecular complexity index is 447. The molecule has 0 aromatic carbocycles. The maximum absolute atomic E-state index is 11.6. The lowest BCUT2D eigenvalue weighted by atomic mass is 10.4. The van der Waals surface area contributed by atoms with Crippen molar-refractivity contribution in [3.05, 3.63) is 5.01 Å². The highest BCUT2D eigenvalue weighted by atomic mass is 32.1. The number of rotatable bonds is 7. The number of nitrogens with one attached hydrogen (secondary N) is 3. The summed E-state index contributed by atoms with van der Waals surface area (Å²) in [6.07, 6.45) is 2.63. The Morgan fingerprint density at radius 2 is 2.00 bits per heavy atom. The fraction of sp³-hybridized carbons (Fsp3) is 0.667. The van der Waals surface area contributed by atoms with Crippen molar-refractivity contribution in [2.75, 3.05) is 32.5 Å². The molecule has 0 aliphatic carbocycles. The second-order valence-electron chi connectivity index (χ2n) is 4.77. The number of aromatic nitrogens is 2. The van der Waals surface area contributed by atoms with Crippen LogP contribution in [-0.4, -0.2) is 49.2 Å². The predicted octanol–water partition coefficient (Wildman–Crippen LogP) is -0.920. The molecule has 0 aliphatic rings. The summed E-state index contributed by atoms with van der Waals surface area (Å²) < 4.78 is 0.